The normalized spacial score (nSPS) is 18.0. The summed E-state index contributed by atoms with van der Waals surface area (Å²) in [5.74, 6) is -0.965. The van der Waals surface area contributed by atoms with Gasteiger partial charge in [-0.3, -0.25) is 25.2 Å². The lowest BCUT2D eigenvalue weighted by Gasteiger charge is -2.26. The van der Waals surface area contributed by atoms with Crippen molar-refractivity contribution in [2.24, 2.45) is 4.99 Å². The molecule has 1 amide bonds. The molecule has 0 atom stereocenters. The van der Waals surface area contributed by atoms with Crippen molar-refractivity contribution < 1.29 is 14.1 Å². The zero-order valence-electron chi connectivity index (χ0n) is 13.1. The maximum atomic E-state index is 12.3. The summed E-state index contributed by atoms with van der Waals surface area (Å²) in [6.45, 7) is 0. The number of rotatable bonds is 3. The number of fused-ring (bicyclic) bond motifs is 1. The van der Waals surface area contributed by atoms with Crippen molar-refractivity contribution in [3.63, 3.8) is 0 Å². The van der Waals surface area contributed by atoms with E-state index in [0.717, 1.165) is 11.3 Å². The van der Waals surface area contributed by atoms with Crippen LogP contribution in [0.5, 0.6) is 0 Å². The van der Waals surface area contributed by atoms with E-state index in [9.17, 15) is 14.9 Å². The molecule has 2 aromatic rings. The van der Waals surface area contributed by atoms with Crippen LogP contribution in [0.25, 0.3) is 11.8 Å². The minimum absolute atomic E-state index is 0.00216. The summed E-state index contributed by atoms with van der Waals surface area (Å²) >= 11 is 1.27. The van der Waals surface area contributed by atoms with Gasteiger partial charge in [-0.1, -0.05) is 42.1 Å². The fourth-order valence-corrected chi connectivity index (χ4v) is 3.46. The van der Waals surface area contributed by atoms with E-state index in [2.05, 4.69) is 4.99 Å². The third kappa shape index (κ3) is 2.64. The van der Waals surface area contributed by atoms with Gasteiger partial charge in [0, 0.05) is 5.41 Å². The molecule has 0 spiro atoms. The second kappa shape index (κ2) is 6.12. The summed E-state index contributed by atoms with van der Waals surface area (Å²) in [7, 11) is 0. The van der Waals surface area contributed by atoms with Crippen molar-refractivity contribution in [1.29, 1.82) is 5.41 Å². The fraction of sp³-hybridized carbons (Fsp3) is 0. The van der Waals surface area contributed by atoms with E-state index < -0.39 is 16.7 Å². The van der Waals surface area contributed by atoms with Crippen LogP contribution in [0.15, 0.2) is 62.9 Å². The largest absolute Gasteiger partial charge is 0.433 e. The smallest absolute Gasteiger partial charge is 0.401 e. The highest BCUT2D eigenvalue weighted by Gasteiger charge is 2.36. The van der Waals surface area contributed by atoms with Crippen molar-refractivity contribution >= 4 is 46.3 Å². The summed E-state index contributed by atoms with van der Waals surface area (Å²) in [4.78, 5) is 28.0. The summed E-state index contributed by atoms with van der Waals surface area (Å²) in [5, 5.41) is 21.4. The van der Waals surface area contributed by atoms with Crippen molar-refractivity contribution in [3.05, 3.63) is 74.9 Å². The van der Waals surface area contributed by atoms with E-state index in [4.69, 9.17) is 9.83 Å². The highest BCUT2D eigenvalue weighted by molar-refractivity contribution is 8.17. The molecule has 0 aliphatic carbocycles. The molecule has 0 bridgehead atoms. The number of furan rings is 1. The van der Waals surface area contributed by atoms with Crippen molar-refractivity contribution in [3.8, 4) is 0 Å². The first-order chi connectivity index (χ1) is 12.5. The second-order valence-electron chi connectivity index (χ2n) is 5.36. The Morgan fingerprint density at radius 2 is 2.00 bits per heavy atom. The summed E-state index contributed by atoms with van der Waals surface area (Å²) in [6.07, 6.45) is 1.30. The average molecular weight is 366 g/mol. The van der Waals surface area contributed by atoms with E-state index in [0.29, 0.717) is 5.17 Å². The van der Waals surface area contributed by atoms with Crippen LogP contribution in [0.3, 0.4) is 0 Å². The van der Waals surface area contributed by atoms with E-state index in [-0.39, 0.29) is 17.2 Å². The van der Waals surface area contributed by atoms with Gasteiger partial charge in [0.25, 0.3) is 5.91 Å². The predicted octanol–water partition coefficient (Wildman–Crippen LogP) is 3.49. The molecule has 8 nitrogen and oxygen atoms in total. The van der Waals surface area contributed by atoms with E-state index in [1.165, 1.54) is 30.0 Å². The van der Waals surface area contributed by atoms with Crippen LogP contribution in [0.2, 0.25) is 0 Å². The molecule has 26 heavy (non-hydrogen) atoms. The van der Waals surface area contributed by atoms with Crippen molar-refractivity contribution in [2.45, 2.75) is 0 Å². The number of thioether (sulfide) groups is 1. The van der Waals surface area contributed by atoms with Gasteiger partial charge in [-0.2, -0.15) is 4.99 Å². The number of hydrogen-bond acceptors (Lipinski definition) is 6. The van der Waals surface area contributed by atoms with Crippen LogP contribution in [-0.4, -0.2) is 26.7 Å². The number of amidine groups is 2. The topological polar surface area (TPSA) is 113 Å². The van der Waals surface area contributed by atoms with Gasteiger partial charge in [-0.15, -0.1) is 0 Å². The number of amides is 1. The molecule has 1 N–H and O–H groups in total. The molecule has 0 saturated carbocycles. The van der Waals surface area contributed by atoms with Gasteiger partial charge in [-0.05, 0) is 17.7 Å². The Balaban J connectivity index is 1.72. The summed E-state index contributed by atoms with van der Waals surface area (Å²) in [5.41, 5.74) is 1.63. The van der Waals surface area contributed by atoms with Crippen LogP contribution in [0.1, 0.15) is 11.3 Å². The van der Waals surface area contributed by atoms with E-state index in [1.54, 1.807) is 4.90 Å². The van der Waals surface area contributed by atoms with Gasteiger partial charge in [0.1, 0.15) is 16.5 Å². The third-order valence-electron chi connectivity index (χ3n) is 3.76. The van der Waals surface area contributed by atoms with Crippen molar-refractivity contribution in [2.75, 3.05) is 0 Å². The van der Waals surface area contributed by atoms with Gasteiger partial charge < -0.3 is 4.42 Å². The van der Waals surface area contributed by atoms with Gasteiger partial charge in [0.2, 0.25) is 0 Å². The molecule has 3 heterocycles. The van der Waals surface area contributed by atoms with Crippen LogP contribution in [0.4, 0.5) is 5.88 Å². The van der Waals surface area contributed by atoms with E-state index in [1.807, 2.05) is 35.7 Å². The molecule has 128 valence electrons. The molecule has 1 aromatic heterocycles. The van der Waals surface area contributed by atoms with Crippen LogP contribution < -0.4 is 0 Å². The first-order valence-corrected chi connectivity index (χ1v) is 8.33. The predicted molar refractivity (Wildman–Crippen MR) is 97.4 cm³/mol. The molecule has 0 saturated heterocycles. The minimum Gasteiger partial charge on any atom is -0.401 e. The number of nitrogens with zero attached hydrogens (tertiary/aromatic N) is 3. The number of nitrogens with one attached hydrogen (secondary N) is 1. The Bertz CT molecular complexity index is 1040. The zero-order chi connectivity index (χ0) is 18.3. The monoisotopic (exact) mass is 366 g/mol. The molecule has 2 aliphatic rings. The number of benzene rings is 1. The first kappa shape index (κ1) is 16.0. The second-order valence-corrected chi connectivity index (χ2v) is 6.20. The van der Waals surface area contributed by atoms with Gasteiger partial charge in [0.05, 0.1) is 17.3 Å². The quantitative estimate of drug-likeness (QED) is 0.505. The molecular formula is C17H10N4O4S. The molecule has 0 unspecified atom stereocenters. The lowest BCUT2D eigenvalue weighted by Crippen LogP contribution is -2.37. The molecule has 1 aromatic carbocycles. The lowest BCUT2D eigenvalue weighted by molar-refractivity contribution is -0.402. The lowest BCUT2D eigenvalue weighted by atomic mass is 10.1. The molecular weight excluding hydrogens is 356 g/mol. The molecule has 0 radical (unpaired) electrons. The van der Waals surface area contributed by atoms with Crippen LogP contribution in [0, 0.1) is 15.5 Å². The Hall–Kier alpha value is -3.46. The first-order valence-electron chi connectivity index (χ1n) is 7.45. The fourth-order valence-electron chi connectivity index (χ4n) is 2.57. The molecule has 4 rings (SSSR count). The van der Waals surface area contributed by atoms with Gasteiger partial charge in [0.15, 0.2) is 5.17 Å². The SMILES string of the molecule is N=C1/C(=C/c2ccc([N+](=O)[O-])o2)C(=O)N=C2SC=C(c3ccccc3)N12. The Kier molecular flexibility index (Phi) is 3.77. The average Bonchev–Trinajstić information content (AvgIpc) is 3.26. The molecule has 9 heteroatoms. The number of carbonyl (C=O) groups excluding carboxylic acids is 1. The van der Waals surface area contributed by atoms with Crippen LogP contribution >= 0.6 is 11.8 Å². The maximum absolute atomic E-state index is 12.3. The summed E-state index contributed by atoms with van der Waals surface area (Å²) in [6, 6.07) is 12.0. The third-order valence-corrected chi connectivity index (χ3v) is 4.59. The standard InChI is InChI=1S/C17H10N4O4S/c18-15-12(8-11-6-7-14(25-11)21(23)24)16(22)19-17-20(15)13(9-26-17)10-4-2-1-3-5-10/h1-9,18H/b12-8-,18-15?. The van der Waals surface area contributed by atoms with Gasteiger partial charge >= 0.3 is 5.88 Å². The highest BCUT2D eigenvalue weighted by Crippen LogP contribution is 2.37. The Morgan fingerprint density at radius 3 is 2.69 bits per heavy atom. The number of hydrogen-bond donors (Lipinski definition) is 1. The maximum Gasteiger partial charge on any atom is 0.433 e. The number of carbonyl (C=O) groups is 1. The summed E-state index contributed by atoms with van der Waals surface area (Å²) < 4.78 is 5.06. The Labute approximate surface area is 151 Å². The minimum atomic E-state index is -0.667. The Morgan fingerprint density at radius 1 is 1.23 bits per heavy atom. The molecule has 2 aliphatic heterocycles. The van der Waals surface area contributed by atoms with Gasteiger partial charge in [-0.25, -0.2) is 0 Å². The molecule has 0 fully saturated rings. The van der Waals surface area contributed by atoms with Crippen molar-refractivity contribution in [1.82, 2.24) is 4.90 Å². The van der Waals surface area contributed by atoms with Crippen LogP contribution in [-0.2, 0) is 4.79 Å². The number of nitro groups is 1. The van der Waals surface area contributed by atoms with E-state index >= 15 is 0 Å². The highest BCUT2D eigenvalue weighted by atomic mass is 32.2. The number of aliphatic imine (C=N–C) groups is 1. The zero-order valence-corrected chi connectivity index (χ0v) is 13.9.